The topological polar surface area (TPSA) is 74.7 Å². The number of aliphatic carboxylic acids is 1. The molecule has 5 heteroatoms. The first kappa shape index (κ1) is 14.4. The van der Waals surface area contributed by atoms with E-state index in [4.69, 9.17) is 5.11 Å². The molecule has 0 bridgehead atoms. The minimum atomic E-state index is -1.11. The number of unbranched alkanes of at least 4 members (excludes halogenated alkanes) is 3. The van der Waals surface area contributed by atoms with Crippen LogP contribution in [0.15, 0.2) is 11.6 Å². The van der Waals surface area contributed by atoms with Crippen molar-refractivity contribution >= 4 is 17.8 Å². The van der Waals surface area contributed by atoms with Crippen LogP contribution in [0.5, 0.6) is 0 Å². The molecule has 1 aliphatic rings. The van der Waals surface area contributed by atoms with Gasteiger partial charge in [0.2, 0.25) is 0 Å². The SMILES string of the molecule is CCCCCCC(C(=O)O)N1C(=O)C=C(C)C1=O. The highest BCUT2D eigenvalue weighted by Gasteiger charge is 2.37. The van der Waals surface area contributed by atoms with Crippen molar-refractivity contribution in [1.29, 1.82) is 0 Å². The van der Waals surface area contributed by atoms with Crippen molar-refractivity contribution in [3.8, 4) is 0 Å². The van der Waals surface area contributed by atoms with Crippen molar-refractivity contribution in [3.05, 3.63) is 11.6 Å². The van der Waals surface area contributed by atoms with E-state index in [1.165, 1.54) is 13.0 Å². The summed E-state index contributed by atoms with van der Waals surface area (Å²) >= 11 is 0. The number of carboxylic acid groups (broad SMARTS) is 1. The van der Waals surface area contributed by atoms with Gasteiger partial charge in [-0.15, -0.1) is 0 Å². The summed E-state index contributed by atoms with van der Waals surface area (Å²) in [5.74, 6) is -2.11. The zero-order valence-electron chi connectivity index (χ0n) is 10.8. The molecule has 1 N–H and O–H groups in total. The van der Waals surface area contributed by atoms with Crippen LogP contribution < -0.4 is 0 Å². The molecule has 1 atom stereocenters. The van der Waals surface area contributed by atoms with Crippen LogP contribution in [0.1, 0.15) is 46.0 Å². The smallest absolute Gasteiger partial charge is 0.326 e. The minimum Gasteiger partial charge on any atom is -0.480 e. The summed E-state index contributed by atoms with van der Waals surface area (Å²) < 4.78 is 0. The molecule has 2 amide bonds. The van der Waals surface area contributed by atoms with E-state index in [9.17, 15) is 14.4 Å². The van der Waals surface area contributed by atoms with Crippen LogP contribution in [0.25, 0.3) is 0 Å². The van der Waals surface area contributed by atoms with E-state index in [1.807, 2.05) is 0 Å². The number of carboxylic acids is 1. The molecule has 0 aliphatic carbocycles. The predicted molar refractivity (Wildman–Crippen MR) is 65.8 cm³/mol. The van der Waals surface area contributed by atoms with Crippen molar-refractivity contribution in [3.63, 3.8) is 0 Å². The average molecular weight is 253 g/mol. The second-order valence-corrected chi connectivity index (χ2v) is 4.54. The molecule has 0 fully saturated rings. The summed E-state index contributed by atoms with van der Waals surface area (Å²) in [4.78, 5) is 35.4. The molecule has 0 aromatic rings. The van der Waals surface area contributed by atoms with Gasteiger partial charge < -0.3 is 5.11 Å². The summed E-state index contributed by atoms with van der Waals surface area (Å²) in [5, 5.41) is 9.14. The van der Waals surface area contributed by atoms with E-state index in [1.54, 1.807) is 0 Å². The van der Waals surface area contributed by atoms with Crippen molar-refractivity contribution < 1.29 is 19.5 Å². The summed E-state index contributed by atoms with van der Waals surface area (Å²) in [6, 6.07) is -1.03. The molecule has 0 aromatic heterocycles. The maximum absolute atomic E-state index is 11.7. The van der Waals surface area contributed by atoms with Crippen LogP contribution in [0.4, 0.5) is 0 Å². The monoisotopic (exact) mass is 253 g/mol. The molecule has 0 saturated heterocycles. The van der Waals surface area contributed by atoms with Crippen LogP contribution in [0.3, 0.4) is 0 Å². The lowest BCUT2D eigenvalue weighted by molar-refractivity contribution is -0.153. The molecule has 0 spiro atoms. The molecule has 0 aromatic carbocycles. The Labute approximate surface area is 106 Å². The third kappa shape index (κ3) is 3.18. The molecule has 0 saturated carbocycles. The van der Waals surface area contributed by atoms with Crippen molar-refractivity contribution in [2.45, 2.75) is 52.0 Å². The highest BCUT2D eigenvalue weighted by atomic mass is 16.4. The Hall–Kier alpha value is -1.65. The number of imide groups is 1. The normalized spacial score (nSPS) is 17.0. The number of hydrogen-bond acceptors (Lipinski definition) is 3. The van der Waals surface area contributed by atoms with Crippen LogP contribution in [0.2, 0.25) is 0 Å². The average Bonchev–Trinajstić information content (AvgIpc) is 2.54. The first-order valence-electron chi connectivity index (χ1n) is 6.27. The number of rotatable bonds is 7. The van der Waals surface area contributed by atoms with Gasteiger partial charge in [-0.05, 0) is 13.3 Å². The molecule has 0 radical (unpaired) electrons. The van der Waals surface area contributed by atoms with Gasteiger partial charge in [0, 0.05) is 11.6 Å². The number of amides is 2. The molecule has 100 valence electrons. The Morgan fingerprint density at radius 3 is 2.44 bits per heavy atom. The Morgan fingerprint density at radius 2 is 2.00 bits per heavy atom. The molecule has 18 heavy (non-hydrogen) atoms. The lowest BCUT2D eigenvalue weighted by Gasteiger charge is -2.22. The van der Waals surface area contributed by atoms with Crippen molar-refractivity contribution in [2.24, 2.45) is 0 Å². The number of carbonyl (C=O) groups excluding carboxylic acids is 2. The lowest BCUT2D eigenvalue weighted by Crippen LogP contribution is -2.45. The van der Waals surface area contributed by atoms with E-state index >= 15 is 0 Å². The Kier molecular flexibility index (Phi) is 5.07. The maximum atomic E-state index is 11.7. The van der Waals surface area contributed by atoms with Gasteiger partial charge >= 0.3 is 5.97 Å². The molecule has 5 nitrogen and oxygen atoms in total. The highest BCUT2D eigenvalue weighted by Crippen LogP contribution is 2.19. The third-order valence-corrected chi connectivity index (χ3v) is 3.06. The van der Waals surface area contributed by atoms with Gasteiger partial charge in [0.25, 0.3) is 11.8 Å². The molecule has 1 aliphatic heterocycles. The number of hydrogen-bond donors (Lipinski definition) is 1. The van der Waals surface area contributed by atoms with Gasteiger partial charge in [0.05, 0.1) is 0 Å². The molecule has 1 heterocycles. The lowest BCUT2D eigenvalue weighted by atomic mass is 10.1. The van der Waals surface area contributed by atoms with Crippen molar-refractivity contribution in [2.75, 3.05) is 0 Å². The fourth-order valence-corrected chi connectivity index (χ4v) is 2.03. The van der Waals surface area contributed by atoms with Gasteiger partial charge in [0.1, 0.15) is 6.04 Å². The second kappa shape index (κ2) is 6.33. The first-order valence-corrected chi connectivity index (χ1v) is 6.27. The first-order chi connectivity index (χ1) is 8.49. The summed E-state index contributed by atoms with van der Waals surface area (Å²) in [5.41, 5.74) is 0.305. The molecule has 1 rings (SSSR count). The van der Waals surface area contributed by atoms with E-state index in [2.05, 4.69) is 6.92 Å². The van der Waals surface area contributed by atoms with Gasteiger partial charge in [0.15, 0.2) is 0 Å². The molecule has 1 unspecified atom stereocenters. The Morgan fingerprint density at radius 1 is 1.33 bits per heavy atom. The second-order valence-electron chi connectivity index (χ2n) is 4.54. The molecular formula is C13H19NO4. The van der Waals surface area contributed by atoms with Gasteiger partial charge in [-0.2, -0.15) is 0 Å². The van der Waals surface area contributed by atoms with Gasteiger partial charge in [-0.3, -0.25) is 14.5 Å². The van der Waals surface area contributed by atoms with E-state index < -0.39 is 23.8 Å². The fraction of sp³-hybridized carbons (Fsp3) is 0.615. The van der Waals surface area contributed by atoms with E-state index in [-0.39, 0.29) is 0 Å². The Balaban J connectivity index is 2.66. The quantitative estimate of drug-likeness (QED) is 0.554. The van der Waals surface area contributed by atoms with Gasteiger partial charge in [-0.25, -0.2) is 4.79 Å². The van der Waals surface area contributed by atoms with Crippen molar-refractivity contribution in [1.82, 2.24) is 4.90 Å². The van der Waals surface area contributed by atoms with Crippen LogP contribution in [-0.2, 0) is 14.4 Å². The van der Waals surface area contributed by atoms with E-state index in [0.29, 0.717) is 18.4 Å². The standard InChI is InChI=1S/C13H19NO4/c1-3-4-5-6-7-10(13(17)18)14-11(15)8-9(2)12(14)16/h8,10H,3-7H2,1-2H3,(H,17,18). The maximum Gasteiger partial charge on any atom is 0.326 e. The summed E-state index contributed by atoms with van der Waals surface area (Å²) in [7, 11) is 0. The molecular weight excluding hydrogens is 234 g/mol. The fourth-order valence-electron chi connectivity index (χ4n) is 2.03. The number of nitrogens with zero attached hydrogens (tertiary/aromatic N) is 1. The van der Waals surface area contributed by atoms with Crippen LogP contribution in [0, 0.1) is 0 Å². The van der Waals surface area contributed by atoms with Crippen LogP contribution in [-0.4, -0.2) is 33.8 Å². The zero-order chi connectivity index (χ0) is 13.7. The largest absolute Gasteiger partial charge is 0.480 e. The number of carbonyl (C=O) groups is 3. The highest BCUT2D eigenvalue weighted by molar-refractivity contribution is 6.17. The summed E-state index contributed by atoms with van der Waals surface area (Å²) in [6.07, 6.45) is 5.24. The zero-order valence-corrected chi connectivity index (χ0v) is 10.8. The van der Waals surface area contributed by atoms with Crippen LogP contribution >= 0.6 is 0 Å². The Bertz CT molecular complexity index is 386. The third-order valence-electron chi connectivity index (χ3n) is 3.06. The van der Waals surface area contributed by atoms with Gasteiger partial charge in [-0.1, -0.05) is 32.6 Å². The predicted octanol–water partition coefficient (Wildman–Crippen LogP) is 1.73. The summed E-state index contributed by atoms with van der Waals surface area (Å²) in [6.45, 7) is 3.59. The minimum absolute atomic E-state index is 0.305. The van der Waals surface area contributed by atoms with E-state index in [0.717, 1.165) is 24.2 Å².